The molecule has 3 heterocycles. The topological polar surface area (TPSA) is 127 Å². The summed E-state index contributed by atoms with van der Waals surface area (Å²) in [6.45, 7) is 2.93. The van der Waals surface area contributed by atoms with Crippen molar-refractivity contribution in [3.8, 4) is 23.0 Å². The molecule has 3 aliphatic rings. The number of aliphatic carboxylic acids is 1. The molecule has 3 aliphatic heterocycles. The highest BCUT2D eigenvalue weighted by Crippen LogP contribution is 2.34. The predicted molar refractivity (Wildman–Crippen MR) is 124 cm³/mol. The Labute approximate surface area is 208 Å². The number of carboxylic acids is 1. The molecule has 0 radical (unpaired) electrons. The molecular formula is C26H28O10. The molecule has 0 aromatic heterocycles. The van der Waals surface area contributed by atoms with Gasteiger partial charge in [0.05, 0.1) is 32.0 Å². The highest BCUT2D eigenvalue weighted by molar-refractivity contribution is 5.79. The van der Waals surface area contributed by atoms with E-state index in [1.807, 2.05) is 18.2 Å². The van der Waals surface area contributed by atoms with Crippen molar-refractivity contribution in [3.05, 3.63) is 47.5 Å². The fourth-order valence-electron chi connectivity index (χ4n) is 4.16. The molecule has 192 valence electrons. The van der Waals surface area contributed by atoms with Gasteiger partial charge in [0, 0.05) is 5.92 Å². The number of fused-ring (bicyclic) bond motifs is 2. The summed E-state index contributed by atoms with van der Waals surface area (Å²) in [7, 11) is 0. The molecule has 10 nitrogen and oxygen atoms in total. The molecule has 0 saturated carbocycles. The van der Waals surface area contributed by atoms with Crippen LogP contribution in [0.5, 0.6) is 23.0 Å². The first kappa shape index (κ1) is 25.2. The van der Waals surface area contributed by atoms with E-state index in [0.717, 1.165) is 29.0 Å². The van der Waals surface area contributed by atoms with Gasteiger partial charge in [-0.2, -0.15) is 0 Å². The lowest BCUT2D eigenvalue weighted by atomic mass is 9.96. The highest BCUT2D eigenvalue weighted by atomic mass is 16.7. The van der Waals surface area contributed by atoms with E-state index >= 15 is 0 Å². The summed E-state index contributed by atoms with van der Waals surface area (Å²) < 4.78 is 30.8. The normalized spacial score (nSPS) is 17.6. The Morgan fingerprint density at radius 3 is 2.14 bits per heavy atom. The molecule has 1 saturated heterocycles. The monoisotopic (exact) mass is 500 g/mol. The van der Waals surface area contributed by atoms with Gasteiger partial charge in [0.25, 0.3) is 0 Å². The highest BCUT2D eigenvalue weighted by Gasteiger charge is 2.25. The van der Waals surface area contributed by atoms with Gasteiger partial charge in [-0.15, -0.1) is 0 Å². The van der Waals surface area contributed by atoms with Crippen LogP contribution in [-0.4, -0.2) is 49.8 Å². The fraction of sp³-hybridized carbons (Fsp3) is 0.423. The van der Waals surface area contributed by atoms with E-state index in [0.29, 0.717) is 43.7 Å². The number of hydrogen-bond donors (Lipinski definition) is 1. The smallest absolute Gasteiger partial charge is 0.309 e. The molecule has 5 rings (SSSR count). The second kappa shape index (κ2) is 11.7. The van der Waals surface area contributed by atoms with Gasteiger partial charge in [-0.25, -0.2) is 0 Å². The van der Waals surface area contributed by atoms with Crippen LogP contribution >= 0.6 is 0 Å². The first-order valence-corrected chi connectivity index (χ1v) is 11.7. The fourth-order valence-corrected chi connectivity index (χ4v) is 4.16. The number of ether oxygens (including phenoxy) is 6. The van der Waals surface area contributed by atoms with Crippen molar-refractivity contribution in [2.24, 2.45) is 11.8 Å². The zero-order valence-corrected chi connectivity index (χ0v) is 19.9. The number of carbonyl (C=O) groups excluding carboxylic acids is 2. The third-order valence-electron chi connectivity index (χ3n) is 5.86. The van der Waals surface area contributed by atoms with Crippen LogP contribution < -0.4 is 18.9 Å². The van der Waals surface area contributed by atoms with Crippen molar-refractivity contribution in [1.82, 2.24) is 0 Å². The molecule has 36 heavy (non-hydrogen) atoms. The average Bonchev–Trinajstić information content (AvgIpc) is 3.59. The van der Waals surface area contributed by atoms with Gasteiger partial charge in [0.1, 0.15) is 0 Å². The Balaban J connectivity index is 0.000000173. The van der Waals surface area contributed by atoms with Crippen LogP contribution in [0.1, 0.15) is 30.9 Å². The minimum absolute atomic E-state index is 0.0919. The Kier molecular flexibility index (Phi) is 8.14. The summed E-state index contributed by atoms with van der Waals surface area (Å²) in [6, 6.07) is 11.2. The van der Waals surface area contributed by atoms with Crippen LogP contribution in [0.4, 0.5) is 0 Å². The standard InChI is InChI=1S/C14H16O6.C12H12O4/c1-2-18-14(17)10(7-13(15)16)5-9-3-4-11-12(6-9)20-8-19-11;13-12-5-9(6-14-12)3-8-1-2-10-11(4-8)16-7-15-10/h3-4,6,10H,2,5,7-8H2,1H3,(H,15,16);1-2,4,9H,3,5-7H2. The number of carboxylic acid groups (broad SMARTS) is 1. The molecule has 2 aromatic carbocycles. The van der Waals surface area contributed by atoms with Crippen LogP contribution in [0.2, 0.25) is 0 Å². The lowest BCUT2D eigenvalue weighted by molar-refractivity contribution is -0.152. The Hall–Kier alpha value is -3.95. The minimum atomic E-state index is -1.02. The third-order valence-corrected chi connectivity index (χ3v) is 5.86. The number of benzene rings is 2. The maximum absolute atomic E-state index is 11.8. The maximum atomic E-state index is 11.8. The van der Waals surface area contributed by atoms with Gasteiger partial charge in [-0.1, -0.05) is 12.1 Å². The Morgan fingerprint density at radius 1 is 0.944 bits per heavy atom. The Bertz CT molecular complexity index is 1110. The number of rotatable bonds is 8. The number of cyclic esters (lactones) is 1. The van der Waals surface area contributed by atoms with Crippen molar-refractivity contribution >= 4 is 17.9 Å². The lowest BCUT2D eigenvalue weighted by Gasteiger charge is -2.13. The minimum Gasteiger partial charge on any atom is -0.481 e. The summed E-state index contributed by atoms with van der Waals surface area (Å²) in [5, 5.41) is 8.88. The summed E-state index contributed by atoms with van der Waals surface area (Å²) in [5.41, 5.74) is 1.97. The first-order valence-electron chi connectivity index (χ1n) is 11.7. The van der Waals surface area contributed by atoms with Crippen molar-refractivity contribution in [3.63, 3.8) is 0 Å². The summed E-state index contributed by atoms with van der Waals surface area (Å²) in [4.78, 5) is 33.6. The summed E-state index contributed by atoms with van der Waals surface area (Å²) in [5.74, 6) is 0.841. The number of hydrogen-bond acceptors (Lipinski definition) is 9. The van der Waals surface area contributed by atoms with E-state index in [-0.39, 0.29) is 25.8 Å². The van der Waals surface area contributed by atoms with Crippen LogP contribution in [0.3, 0.4) is 0 Å². The SMILES string of the molecule is CCOC(=O)C(CC(=O)O)Cc1ccc2c(c1)OCO2.O=C1CC(Cc2ccc3c(c2)OCO3)CO1. The van der Waals surface area contributed by atoms with Crippen LogP contribution in [-0.2, 0) is 36.7 Å². The summed E-state index contributed by atoms with van der Waals surface area (Å²) >= 11 is 0. The van der Waals surface area contributed by atoms with Gasteiger partial charge >= 0.3 is 17.9 Å². The number of esters is 2. The molecule has 0 aliphatic carbocycles. The molecule has 10 heteroatoms. The molecule has 0 spiro atoms. The molecule has 1 fully saturated rings. The molecule has 0 amide bonds. The van der Waals surface area contributed by atoms with Gasteiger partial charge in [-0.3, -0.25) is 14.4 Å². The van der Waals surface area contributed by atoms with E-state index in [1.165, 1.54) is 0 Å². The zero-order chi connectivity index (χ0) is 25.5. The second-order valence-corrected chi connectivity index (χ2v) is 8.58. The zero-order valence-electron chi connectivity index (χ0n) is 19.9. The molecule has 0 bridgehead atoms. The summed E-state index contributed by atoms with van der Waals surface area (Å²) in [6.07, 6.45) is 1.41. The van der Waals surface area contributed by atoms with E-state index < -0.39 is 17.9 Å². The van der Waals surface area contributed by atoms with Crippen LogP contribution in [0, 0.1) is 11.8 Å². The molecule has 1 N–H and O–H groups in total. The van der Waals surface area contributed by atoms with Gasteiger partial charge in [0.15, 0.2) is 23.0 Å². The molecule has 2 unspecified atom stereocenters. The third kappa shape index (κ3) is 6.59. The predicted octanol–water partition coefficient (Wildman–Crippen LogP) is 3.13. The lowest BCUT2D eigenvalue weighted by Crippen LogP contribution is -2.23. The van der Waals surface area contributed by atoms with E-state index in [4.69, 9.17) is 33.5 Å². The molecule has 2 atom stereocenters. The first-order chi connectivity index (χ1) is 17.4. The van der Waals surface area contributed by atoms with Crippen LogP contribution in [0.15, 0.2) is 36.4 Å². The van der Waals surface area contributed by atoms with Crippen molar-refractivity contribution in [1.29, 1.82) is 0 Å². The van der Waals surface area contributed by atoms with Crippen molar-refractivity contribution < 1.29 is 47.9 Å². The quantitative estimate of drug-likeness (QED) is 0.540. The number of carbonyl (C=O) groups is 3. The molecule has 2 aromatic rings. The van der Waals surface area contributed by atoms with Gasteiger partial charge in [-0.05, 0) is 55.2 Å². The average molecular weight is 501 g/mol. The van der Waals surface area contributed by atoms with Crippen LogP contribution in [0.25, 0.3) is 0 Å². The van der Waals surface area contributed by atoms with Gasteiger partial charge in [0.2, 0.25) is 13.6 Å². The van der Waals surface area contributed by atoms with Gasteiger partial charge < -0.3 is 33.5 Å². The van der Waals surface area contributed by atoms with Crippen molar-refractivity contribution in [2.75, 3.05) is 26.8 Å². The van der Waals surface area contributed by atoms with E-state index in [2.05, 4.69) is 0 Å². The Morgan fingerprint density at radius 2 is 1.56 bits per heavy atom. The van der Waals surface area contributed by atoms with E-state index in [1.54, 1.807) is 25.1 Å². The van der Waals surface area contributed by atoms with Crippen molar-refractivity contribution in [2.45, 2.75) is 32.6 Å². The molecular weight excluding hydrogens is 472 g/mol. The second-order valence-electron chi connectivity index (χ2n) is 8.58. The largest absolute Gasteiger partial charge is 0.481 e. The van der Waals surface area contributed by atoms with E-state index in [9.17, 15) is 14.4 Å². The maximum Gasteiger partial charge on any atom is 0.309 e.